The van der Waals surface area contributed by atoms with Gasteiger partial charge in [0.1, 0.15) is 0 Å². The first-order valence-corrected chi connectivity index (χ1v) is 9.08. The Kier molecular flexibility index (Phi) is 5.79. The second-order valence-corrected chi connectivity index (χ2v) is 7.16. The zero-order valence-electron chi connectivity index (χ0n) is 13.6. The van der Waals surface area contributed by atoms with Gasteiger partial charge in [-0.1, -0.05) is 30.2 Å². The molecule has 1 aromatic rings. The minimum Gasteiger partial charge on any atom is -0.338 e. The lowest BCUT2D eigenvalue weighted by atomic mass is 9.85. The lowest BCUT2D eigenvalue weighted by Crippen LogP contribution is -2.44. The van der Waals surface area contributed by atoms with E-state index in [0.29, 0.717) is 5.92 Å². The maximum Gasteiger partial charge on any atom is 0.317 e. The lowest BCUT2D eigenvalue weighted by Gasteiger charge is -2.28. The Morgan fingerprint density at radius 1 is 1.09 bits per heavy atom. The predicted octanol–water partition coefficient (Wildman–Crippen LogP) is 3.36. The molecule has 1 N–H and O–H groups in total. The average molecular weight is 336 g/mol. The van der Waals surface area contributed by atoms with Crippen LogP contribution in [-0.2, 0) is 6.54 Å². The molecule has 4 nitrogen and oxygen atoms in total. The number of carbonyl (C=O) groups excluding carboxylic acids is 1. The highest BCUT2D eigenvalue weighted by atomic mass is 35.5. The quantitative estimate of drug-likeness (QED) is 0.915. The van der Waals surface area contributed by atoms with Gasteiger partial charge in [-0.2, -0.15) is 0 Å². The number of amides is 2. The van der Waals surface area contributed by atoms with E-state index in [1.807, 2.05) is 17.0 Å². The zero-order valence-corrected chi connectivity index (χ0v) is 14.4. The minimum atomic E-state index is 0.116. The molecule has 2 aliphatic rings. The van der Waals surface area contributed by atoms with Crippen LogP contribution in [-0.4, -0.2) is 48.6 Å². The van der Waals surface area contributed by atoms with Crippen molar-refractivity contribution in [2.24, 2.45) is 5.92 Å². The number of urea groups is 1. The summed E-state index contributed by atoms with van der Waals surface area (Å²) in [6, 6.07) is 8.15. The summed E-state index contributed by atoms with van der Waals surface area (Å²) in [6.07, 6.45) is 4.90. The van der Waals surface area contributed by atoms with E-state index in [0.717, 1.165) is 50.7 Å². The van der Waals surface area contributed by atoms with Crippen LogP contribution >= 0.6 is 11.6 Å². The number of nitrogens with one attached hydrogen (secondary N) is 1. The molecule has 126 valence electrons. The summed E-state index contributed by atoms with van der Waals surface area (Å²) in [6.45, 7) is 5.41. The van der Waals surface area contributed by atoms with Crippen LogP contribution in [0.15, 0.2) is 24.3 Å². The number of hydrogen-bond donors (Lipinski definition) is 1. The topological polar surface area (TPSA) is 35.6 Å². The molecule has 1 aliphatic heterocycles. The minimum absolute atomic E-state index is 0.116. The highest BCUT2D eigenvalue weighted by Gasteiger charge is 2.22. The van der Waals surface area contributed by atoms with Crippen molar-refractivity contribution in [3.05, 3.63) is 34.9 Å². The van der Waals surface area contributed by atoms with E-state index in [1.54, 1.807) is 0 Å². The Labute approximate surface area is 143 Å². The molecule has 0 aromatic heterocycles. The third-order valence-electron chi connectivity index (χ3n) is 4.96. The maximum atomic E-state index is 12.3. The van der Waals surface area contributed by atoms with Gasteiger partial charge in [0.05, 0.1) is 0 Å². The van der Waals surface area contributed by atoms with Crippen LogP contribution in [0.1, 0.15) is 31.2 Å². The molecular weight excluding hydrogens is 310 g/mol. The molecule has 0 atom stereocenters. The molecule has 1 aromatic carbocycles. The third-order valence-corrected chi connectivity index (χ3v) is 5.21. The SMILES string of the molecule is O=C(NCC1CCC1)N1CCCN(Cc2ccc(Cl)cc2)CC1. The molecule has 0 spiro atoms. The Hall–Kier alpha value is -1.26. The van der Waals surface area contributed by atoms with Gasteiger partial charge in [-0.3, -0.25) is 4.90 Å². The third kappa shape index (κ3) is 4.85. The molecule has 3 rings (SSSR count). The average Bonchev–Trinajstić information content (AvgIpc) is 2.73. The summed E-state index contributed by atoms with van der Waals surface area (Å²) in [5.74, 6) is 0.715. The summed E-state index contributed by atoms with van der Waals surface area (Å²) in [5, 5.41) is 3.88. The van der Waals surface area contributed by atoms with Crippen molar-refractivity contribution in [2.75, 3.05) is 32.7 Å². The van der Waals surface area contributed by atoms with Crippen molar-refractivity contribution < 1.29 is 4.79 Å². The number of hydrogen-bond acceptors (Lipinski definition) is 2. The normalized spacial score (nSPS) is 20.0. The fourth-order valence-corrected chi connectivity index (χ4v) is 3.35. The monoisotopic (exact) mass is 335 g/mol. The predicted molar refractivity (Wildman–Crippen MR) is 93.7 cm³/mol. The van der Waals surface area contributed by atoms with Gasteiger partial charge in [0, 0.05) is 44.3 Å². The van der Waals surface area contributed by atoms with Crippen LogP contribution in [0, 0.1) is 5.92 Å². The first-order valence-electron chi connectivity index (χ1n) is 8.70. The van der Waals surface area contributed by atoms with Crippen molar-refractivity contribution in [1.82, 2.24) is 15.1 Å². The van der Waals surface area contributed by atoms with Gasteiger partial charge in [-0.05, 0) is 42.9 Å². The van der Waals surface area contributed by atoms with E-state index in [4.69, 9.17) is 11.6 Å². The summed E-state index contributed by atoms with van der Waals surface area (Å²) in [4.78, 5) is 16.7. The van der Waals surface area contributed by atoms with Gasteiger partial charge in [-0.15, -0.1) is 0 Å². The van der Waals surface area contributed by atoms with E-state index in [-0.39, 0.29) is 6.03 Å². The second-order valence-electron chi connectivity index (χ2n) is 6.73. The molecule has 0 radical (unpaired) electrons. The van der Waals surface area contributed by atoms with E-state index >= 15 is 0 Å². The molecule has 0 bridgehead atoms. The first-order chi connectivity index (χ1) is 11.2. The van der Waals surface area contributed by atoms with Crippen molar-refractivity contribution in [3.63, 3.8) is 0 Å². The highest BCUT2D eigenvalue weighted by Crippen LogP contribution is 2.25. The molecule has 2 amide bonds. The fourth-order valence-electron chi connectivity index (χ4n) is 3.22. The molecule has 0 unspecified atom stereocenters. The van der Waals surface area contributed by atoms with E-state index in [9.17, 15) is 4.79 Å². The standard InChI is InChI=1S/C18H26ClN3O/c19-17-7-5-16(6-8-17)14-21-9-2-10-22(12-11-21)18(23)20-13-15-3-1-4-15/h5-8,15H,1-4,9-14H2,(H,20,23). The molecule has 2 fully saturated rings. The molecule has 1 saturated carbocycles. The van der Waals surface area contributed by atoms with Crippen LogP contribution in [0.5, 0.6) is 0 Å². The number of carbonyl (C=O) groups is 1. The summed E-state index contributed by atoms with van der Waals surface area (Å²) >= 11 is 5.94. The summed E-state index contributed by atoms with van der Waals surface area (Å²) in [5.41, 5.74) is 1.28. The van der Waals surface area contributed by atoms with Gasteiger partial charge in [0.25, 0.3) is 0 Å². The molecule has 5 heteroatoms. The van der Waals surface area contributed by atoms with Crippen molar-refractivity contribution in [2.45, 2.75) is 32.2 Å². The zero-order chi connectivity index (χ0) is 16.1. The molecule has 1 aliphatic carbocycles. The summed E-state index contributed by atoms with van der Waals surface area (Å²) in [7, 11) is 0. The largest absolute Gasteiger partial charge is 0.338 e. The van der Waals surface area contributed by atoms with Gasteiger partial charge in [0.2, 0.25) is 0 Å². The van der Waals surface area contributed by atoms with Crippen LogP contribution in [0.2, 0.25) is 5.02 Å². The number of benzene rings is 1. The highest BCUT2D eigenvalue weighted by molar-refractivity contribution is 6.30. The van der Waals surface area contributed by atoms with E-state index in [2.05, 4.69) is 22.3 Å². The number of halogens is 1. The Morgan fingerprint density at radius 2 is 1.87 bits per heavy atom. The van der Waals surface area contributed by atoms with Gasteiger partial charge < -0.3 is 10.2 Å². The smallest absolute Gasteiger partial charge is 0.317 e. The Morgan fingerprint density at radius 3 is 2.57 bits per heavy atom. The summed E-state index contributed by atoms with van der Waals surface area (Å²) < 4.78 is 0. The molecule has 1 saturated heterocycles. The van der Waals surface area contributed by atoms with Crippen molar-refractivity contribution in [3.8, 4) is 0 Å². The van der Waals surface area contributed by atoms with Crippen LogP contribution in [0.25, 0.3) is 0 Å². The lowest BCUT2D eigenvalue weighted by molar-refractivity contribution is 0.191. The number of rotatable bonds is 4. The maximum absolute atomic E-state index is 12.3. The van der Waals surface area contributed by atoms with Gasteiger partial charge in [0.15, 0.2) is 0 Å². The van der Waals surface area contributed by atoms with Crippen LogP contribution < -0.4 is 5.32 Å². The Bertz CT molecular complexity index is 516. The Balaban J connectivity index is 1.44. The molecular formula is C18H26ClN3O. The van der Waals surface area contributed by atoms with E-state index < -0.39 is 0 Å². The fraction of sp³-hybridized carbons (Fsp3) is 0.611. The molecule has 23 heavy (non-hydrogen) atoms. The van der Waals surface area contributed by atoms with Crippen molar-refractivity contribution in [1.29, 1.82) is 0 Å². The first kappa shape index (κ1) is 16.6. The van der Waals surface area contributed by atoms with Gasteiger partial charge >= 0.3 is 6.03 Å². The van der Waals surface area contributed by atoms with E-state index in [1.165, 1.54) is 24.8 Å². The van der Waals surface area contributed by atoms with Crippen LogP contribution in [0.3, 0.4) is 0 Å². The molecule has 1 heterocycles. The second kappa shape index (κ2) is 8.02. The van der Waals surface area contributed by atoms with Crippen molar-refractivity contribution >= 4 is 17.6 Å². The number of nitrogens with zero attached hydrogens (tertiary/aromatic N) is 2. The van der Waals surface area contributed by atoms with Gasteiger partial charge in [-0.25, -0.2) is 4.79 Å². The van der Waals surface area contributed by atoms with Crippen LogP contribution in [0.4, 0.5) is 4.79 Å².